The monoisotopic (exact) mass is 334 g/mol. The first-order valence-electron chi connectivity index (χ1n) is 7.73. The van der Waals surface area contributed by atoms with Crippen molar-refractivity contribution in [1.82, 2.24) is 9.88 Å². The Hall–Kier alpha value is -1.79. The van der Waals surface area contributed by atoms with Crippen molar-refractivity contribution in [3.05, 3.63) is 41.2 Å². The van der Waals surface area contributed by atoms with E-state index in [0.717, 1.165) is 29.1 Å². The number of aliphatic carboxylic acids is 1. The number of hydrogen-bond acceptors (Lipinski definition) is 4. The Morgan fingerprint density at radius 3 is 2.83 bits per heavy atom. The molecule has 1 aliphatic rings. The molecule has 0 radical (unpaired) electrons. The lowest BCUT2D eigenvalue weighted by molar-refractivity contribution is -0.146. The summed E-state index contributed by atoms with van der Waals surface area (Å²) in [5.74, 6) is -1.03. The van der Waals surface area contributed by atoms with Crippen LogP contribution in [0.2, 0.25) is 0 Å². The number of piperidine rings is 1. The molecule has 2 heterocycles. The number of hydrogen-bond donors (Lipinski definition) is 1. The van der Waals surface area contributed by atoms with Gasteiger partial charge in [0.25, 0.3) is 0 Å². The molecule has 2 atom stereocenters. The molecule has 0 aliphatic carbocycles. The number of nitrogens with zero attached hydrogens (tertiary/aromatic N) is 2. The molecule has 23 heavy (non-hydrogen) atoms. The molecule has 0 bridgehead atoms. The fraction of sp³-hybridized carbons (Fsp3) is 0.412. The van der Waals surface area contributed by atoms with Crippen LogP contribution in [0.5, 0.6) is 0 Å². The van der Waals surface area contributed by atoms with Gasteiger partial charge in [0.2, 0.25) is 0 Å². The van der Waals surface area contributed by atoms with E-state index in [2.05, 4.69) is 11.9 Å². The first-order valence-corrected chi connectivity index (χ1v) is 8.61. The van der Waals surface area contributed by atoms with Crippen LogP contribution in [0.3, 0.4) is 0 Å². The lowest BCUT2D eigenvalue weighted by Gasteiger charge is -2.37. The van der Waals surface area contributed by atoms with Gasteiger partial charge >= 0.3 is 5.97 Å². The highest BCUT2D eigenvalue weighted by Crippen LogP contribution is 2.28. The summed E-state index contributed by atoms with van der Waals surface area (Å²) in [7, 11) is 0. The van der Waals surface area contributed by atoms with Crippen molar-refractivity contribution in [2.24, 2.45) is 0 Å². The second kappa shape index (κ2) is 6.76. The summed E-state index contributed by atoms with van der Waals surface area (Å²) in [5.41, 5.74) is 1.75. The molecule has 1 aromatic carbocycles. The normalized spacial score (nSPS) is 22.2. The molecule has 4 nitrogen and oxygen atoms in total. The number of halogens is 1. The van der Waals surface area contributed by atoms with Gasteiger partial charge in [-0.15, -0.1) is 11.3 Å². The van der Waals surface area contributed by atoms with E-state index in [1.165, 1.54) is 23.5 Å². The van der Waals surface area contributed by atoms with Crippen LogP contribution in [-0.4, -0.2) is 33.0 Å². The first-order chi connectivity index (χ1) is 11.0. The predicted molar refractivity (Wildman–Crippen MR) is 87.8 cm³/mol. The summed E-state index contributed by atoms with van der Waals surface area (Å²) >= 11 is 1.50. The number of thiazole rings is 1. The zero-order chi connectivity index (χ0) is 16.4. The molecule has 1 fully saturated rings. The zero-order valence-corrected chi connectivity index (χ0v) is 13.7. The summed E-state index contributed by atoms with van der Waals surface area (Å²) in [5, 5.41) is 12.2. The van der Waals surface area contributed by atoms with Crippen molar-refractivity contribution in [2.45, 2.75) is 44.8 Å². The van der Waals surface area contributed by atoms with Gasteiger partial charge < -0.3 is 5.11 Å². The number of rotatable bonds is 4. The Bertz CT molecular complexity index is 686. The van der Waals surface area contributed by atoms with Gasteiger partial charge in [0.05, 0.1) is 5.69 Å². The highest BCUT2D eigenvalue weighted by Gasteiger charge is 2.33. The SMILES string of the molecule is C[C@@H]1CCC[C@H](C(=O)O)N1Cc1csc(-c2ccc(F)cc2)n1. The molecule has 0 unspecified atom stereocenters. The molecular weight excluding hydrogens is 315 g/mol. The maximum atomic E-state index is 13.0. The Labute approximate surface area is 138 Å². The van der Waals surface area contributed by atoms with E-state index in [1.54, 1.807) is 12.1 Å². The van der Waals surface area contributed by atoms with Crippen LogP contribution in [0.25, 0.3) is 10.6 Å². The summed E-state index contributed by atoms with van der Waals surface area (Å²) in [4.78, 5) is 18.1. The number of carbonyl (C=O) groups is 1. The Balaban J connectivity index is 1.77. The summed E-state index contributed by atoms with van der Waals surface area (Å²) in [6, 6.07) is 6.06. The molecule has 6 heteroatoms. The maximum Gasteiger partial charge on any atom is 0.320 e. The molecule has 122 valence electrons. The lowest BCUT2D eigenvalue weighted by atomic mass is 9.96. The topological polar surface area (TPSA) is 53.4 Å². The second-order valence-corrected chi connectivity index (χ2v) is 6.82. The summed E-state index contributed by atoms with van der Waals surface area (Å²) in [6.07, 6.45) is 2.65. The highest BCUT2D eigenvalue weighted by atomic mass is 32.1. The standard InChI is InChI=1S/C17H19FN2O2S/c1-11-3-2-4-15(17(21)22)20(11)9-14-10-23-16(19-14)12-5-7-13(18)8-6-12/h5-8,10-11,15H,2-4,9H2,1H3,(H,21,22)/t11-,15-/m1/s1. The minimum Gasteiger partial charge on any atom is -0.480 e. The summed E-state index contributed by atoms with van der Waals surface area (Å²) < 4.78 is 13.0. The smallest absolute Gasteiger partial charge is 0.320 e. The van der Waals surface area contributed by atoms with E-state index in [4.69, 9.17) is 0 Å². The van der Waals surface area contributed by atoms with Crippen molar-refractivity contribution < 1.29 is 14.3 Å². The Morgan fingerprint density at radius 1 is 1.39 bits per heavy atom. The molecule has 1 saturated heterocycles. The molecule has 3 rings (SSSR count). The third-order valence-corrected chi connectivity index (χ3v) is 5.28. The molecule has 1 aliphatic heterocycles. The second-order valence-electron chi connectivity index (χ2n) is 5.96. The van der Waals surface area contributed by atoms with Crippen LogP contribution in [0.4, 0.5) is 4.39 Å². The number of benzene rings is 1. The van der Waals surface area contributed by atoms with Gasteiger partial charge in [-0.1, -0.05) is 0 Å². The summed E-state index contributed by atoms with van der Waals surface area (Å²) in [6.45, 7) is 2.61. The van der Waals surface area contributed by atoms with Gasteiger partial charge in [-0.3, -0.25) is 9.69 Å². The quantitative estimate of drug-likeness (QED) is 0.924. The molecule has 0 amide bonds. The fourth-order valence-corrected chi connectivity index (χ4v) is 3.89. The molecule has 0 spiro atoms. The fourth-order valence-electron chi connectivity index (χ4n) is 3.07. The van der Waals surface area contributed by atoms with E-state index in [1.807, 2.05) is 10.3 Å². The van der Waals surface area contributed by atoms with Gasteiger partial charge in [-0.2, -0.15) is 0 Å². The minimum absolute atomic E-state index is 0.237. The first kappa shape index (κ1) is 16.1. The minimum atomic E-state index is -0.759. The van der Waals surface area contributed by atoms with Crippen LogP contribution >= 0.6 is 11.3 Å². The molecule has 0 saturated carbocycles. The average Bonchev–Trinajstić information content (AvgIpc) is 2.98. The predicted octanol–water partition coefficient (Wildman–Crippen LogP) is 3.78. The lowest BCUT2D eigenvalue weighted by Crippen LogP contribution is -2.48. The van der Waals surface area contributed by atoms with E-state index in [0.29, 0.717) is 13.0 Å². The van der Waals surface area contributed by atoms with Gasteiger partial charge in [0.1, 0.15) is 16.9 Å². The van der Waals surface area contributed by atoms with Gasteiger partial charge in [-0.25, -0.2) is 9.37 Å². The van der Waals surface area contributed by atoms with Crippen molar-refractivity contribution >= 4 is 17.3 Å². The molecule has 1 aromatic heterocycles. The van der Waals surface area contributed by atoms with Gasteiger partial charge in [0.15, 0.2) is 0 Å². The van der Waals surface area contributed by atoms with Crippen molar-refractivity contribution in [2.75, 3.05) is 0 Å². The Kier molecular flexibility index (Phi) is 4.73. The van der Waals surface area contributed by atoms with Crippen LogP contribution in [0.15, 0.2) is 29.6 Å². The number of aromatic nitrogens is 1. The highest BCUT2D eigenvalue weighted by molar-refractivity contribution is 7.13. The van der Waals surface area contributed by atoms with E-state index in [-0.39, 0.29) is 11.9 Å². The molecular formula is C17H19FN2O2S. The van der Waals surface area contributed by atoms with Crippen LogP contribution in [0, 0.1) is 5.82 Å². The molecule has 2 aromatic rings. The maximum absolute atomic E-state index is 13.0. The number of carboxylic acid groups (broad SMARTS) is 1. The number of carboxylic acids is 1. The largest absolute Gasteiger partial charge is 0.480 e. The zero-order valence-electron chi connectivity index (χ0n) is 12.9. The van der Waals surface area contributed by atoms with Crippen molar-refractivity contribution in [3.8, 4) is 10.6 Å². The van der Waals surface area contributed by atoms with Gasteiger partial charge in [-0.05, 0) is 50.5 Å². The number of likely N-dealkylation sites (tertiary alicyclic amines) is 1. The average molecular weight is 334 g/mol. The van der Waals surface area contributed by atoms with E-state index in [9.17, 15) is 14.3 Å². The van der Waals surface area contributed by atoms with Crippen molar-refractivity contribution in [3.63, 3.8) is 0 Å². The van der Waals surface area contributed by atoms with Crippen LogP contribution in [0.1, 0.15) is 31.9 Å². The van der Waals surface area contributed by atoms with Crippen LogP contribution < -0.4 is 0 Å². The third kappa shape index (κ3) is 3.59. The van der Waals surface area contributed by atoms with Crippen LogP contribution in [-0.2, 0) is 11.3 Å². The van der Waals surface area contributed by atoms with E-state index < -0.39 is 12.0 Å². The van der Waals surface area contributed by atoms with Gasteiger partial charge in [0, 0.05) is 23.5 Å². The Morgan fingerprint density at radius 2 is 2.13 bits per heavy atom. The third-order valence-electron chi connectivity index (χ3n) is 4.34. The van der Waals surface area contributed by atoms with E-state index >= 15 is 0 Å². The van der Waals surface area contributed by atoms with Crippen molar-refractivity contribution in [1.29, 1.82) is 0 Å². The molecule has 1 N–H and O–H groups in total.